The van der Waals surface area contributed by atoms with Gasteiger partial charge in [0.15, 0.2) is 0 Å². The molecule has 5 N–H and O–H groups in total. The van der Waals surface area contributed by atoms with E-state index in [0.29, 0.717) is 81.3 Å². The Balaban J connectivity index is 1.49. The molecule has 4 aromatic rings. The van der Waals surface area contributed by atoms with E-state index in [9.17, 15) is 31.6 Å². The highest BCUT2D eigenvalue weighted by molar-refractivity contribution is 7.89. The molecule has 0 saturated carbocycles. The van der Waals surface area contributed by atoms with Crippen LogP contribution in [0.1, 0.15) is 47.9 Å². The summed E-state index contributed by atoms with van der Waals surface area (Å²) in [6.45, 7) is 8.22. The number of anilines is 2. The van der Waals surface area contributed by atoms with Gasteiger partial charge in [-0.25, -0.2) is 13.4 Å². The lowest BCUT2D eigenvalue weighted by molar-refractivity contribution is -0.403. The number of unbranched alkanes of at least 4 members (excludes halogenated alkanes) is 2. The lowest BCUT2D eigenvalue weighted by atomic mass is 9.93. The second kappa shape index (κ2) is 17.1. The summed E-state index contributed by atoms with van der Waals surface area (Å²) in [5.41, 5.74) is 8.00. The minimum atomic E-state index is -4.59. The van der Waals surface area contributed by atoms with Crippen LogP contribution in [0.2, 0.25) is 0 Å². The van der Waals surface area contributed by atoms with Crippen LogP contribution in [-0.4, -0.2) is 62.2 Å². The minimum Gasteiger partial charge on any atom is -0.456 e. The molecule has 56 heavy (non-hydrogen) atoms. The number of para-hydroxylation sites is 1. The fourth-order valence-electron chi connectivity index (χ4n) is 7.11. The Kier molecular flexibility index (Phi) is 12.4. The molecule has 1 aliphatic carbocycles. The van der Waals surface area contributed by atoms with E-state index in [1.165, 1.54) is 10.4 Å². The van der Waals surface area contributed by atoms with Crippen LogP contribution in [0, 0.1) is 27.7 Å². The molecule has 0 amide bonds. The van der Waals surface area contributed by atoms with E-state index in [0.717, 1.165) is 22.5 Å². The van der Waals surface area contributed by atoms with Gasteiger partial charge in [0, 0.05) is 83.0 Å². The van der Waals surface area contributed by atoms with Crippen molar-refractivity contribution in [1.29, 1.82) is 0 Å². The van der Waals surface area contributed by atoms with E-state index in [1.54, 1.807) is 30.3 Å². The number of fused-ring (bicyclic) bond motifs is 2. The summed E-state index contributed by atoms with van der Waals surface area (Å²) in [6.07, 6.45) is 2.00. The van der Waals surface area contributed by atoms with Gasteiger partial charge in [0.05, 0.1) is 11.0 Å². The monoisotopic (exact) mass is 798 g/mol. The van der Waals surface area contributed by atoms with Gasteiger partial charge in [0.25, 0.3) is 10.1 Å². The summed E-state index contributed by atoms with van der Waals surface area (Å²) in [5, 5.41) is 23.4. The zero-order valence-electron chi connectivity index (χ0n) is 32.0. The van der Waals surface area contributed by atoms with Crippen molar-refractivity contribution in [2.75, 3.05) is 31.6 Å². The van der Waals surface area contributed by atoms with Crippen LogP contribution in [-0.2, 0) is 20.1 Å². The number of benzene rings is 5. The highest BCUT2D eigenvalue weighted by Gasteiger charge is 2.27. The van der Waals surface area contributed by atoms with Crippen molar-refractivity contribution in [2.24, 2.45) is 0 Å². The molecule has 1 heterocycles. The molecule has 11 nitrogen and oxygen atoms in total. The largest absolute Gasteiger partial charge is 0.456 e. The first-order valence-corrected chi connectivity index (χ1v) is 21.4. The van der Waals surface area contributed by atoms with Crippen LogP contribution in [0.3, 0.4) is 0 Å². The highest BCUT2D eigenvalue weighted by Crippen LogP contribution is 2.43. The maximum Gasteiger partial charge on any atom is 0.295 e. The summed E-state index contributed by atoms with van der Waals surface area (Å²) in [7, 11) is -8.45. The Morgan fingerprint density at radius 3 is 1.96 bits per heavy atom. The Morgan fingerprint density at radius 1 is 0.696 bits per heavy atom. The number of rotatable bonds is 15. The molecule has 294 valence electrons. The third-order valence-corrected chi connectivity index (χ3v) is 12.7. The topological polar surface area (TPSA) is 171 Å². The van der Waals surface area contributed by atoms with Crippen LogP contribution in [0.15, 0.2) is 105 Å². The number of aliphatic hydroxyl groups is 2. The Bertz CT molecular complexity index is 2600. The number of hydrogen-bond donors (Lipinski definition) is 5. The molecular weight excluding hydrogens is 751 g/mol. The first kappa shape index (κ1) is 40.8. The van der Waals surface area contributed by atoms with Crippen LogP contribution in [0.4, 0.5) is 17.1 Å². The summed E-state index contributed by atoms with van der Waals surface area (Å²) < 4.78 is 71.2. The molecule has 0 atom stereocenters. The molecule has 1 aliphatic heterocycles. The second-order valence-electron chi connectivity index (χ2n) is 14.1. The third kappa shape index (κ3) is 8.73. The quantitative estimate of drug-likeness (QED) is 0.0456. The zero-order valence-corrected chi connectivity index (χ0v) is 33.6. The SMILES string of the molecule is Cc1cccc(C)c1Nc1ccc2c(-c3ccccc3S(=O)(=O)O)c3ccc(=[NH+]c4c(C)cc(S(=O)(=O)N(CCCCO)CCCCO)cc4C)cc-3oc2c1. The lowest BCUT2D eigenvalue weighted by Crippen LogP contribution is -2.71. The first-order chi connectivity index (χ1) is 26.7. The van der Waals surface area contributed by atoms with E-state index < -0.39 is 20.1 Å². The average molecular weight is 799 g/mol. The number of hydrogen-bond acceptors (Lipinski definition) is 8. The van der Waals surface area contributed by atoms with Crippen molar-refractivity contribution < 1.29 is 41.0 Å². The van der Waals surface area contributed by atoms with Crippen molar-refractivity contribution in [1.82, 2.24) is 4.31 Å². The summed E-state index contributed by atoms with van der Waals surface area (Å²) >= 11 is 0. The van der Waals surface area contributed by atoms with E-state index >= 15 is 0 Å². The van der Waals surface area contributed by atoms with Crippen molar-refractivity contribution in [3.05, 3.63) is 119 Å². The van der Waals surface area contributed by atoms with Crippen molar-refractivity contribution in [3.63, 3.8) is 0 Å². The molecule has 4 aromatic carbocycles. The van der Waals surface area contributed by atoms with Crippen LogP contribution >= 0.6 is 0 Å². The number of aliphatic hydroxyl groups excluding tert-OH is 2. The second-order valence-corrected chi connectivity index (χ2v) is 17.4. The maximum atomic E-state index is 13.9. The van der Waals surface area contributed by atoms with Gasteiger partial charge in [-0.3, -0.25) is 4.55 Å². The van der Waals surface area contributed by atoms with Gasteiger partial charge in [-0.15, -0.1) is 0 Å². The molecular formula is C43H48N3O8S2+. The minimum absolute atomic E-state index is 0.0213. The number of aryl methyl sites for hydroxylation is 4. The molecule has 13 heteroatoms. The normalized spacial score (nSPS) is 12.6. The Morgan fingerprint density at radius 2 is 1.34 bits per heavy atom. The van der Waals surface area contributed by atoms with Gasteiger partial charge in [-0.2, -0.15) is 12.7 Å². The summed E-state index contributed by atoms with van der Waals surface area (Å²) in [5.74, 6) is 0.447. The fraction of sp³-hybridized carbons (Fsp3) is 0.279. The maximum absolute atomic E-state index is 13.9. The van der Waals surface area contributed by atoms with Gasteiger partial charge < -0.3 is 19.9 Å². The van der Waals surface area contributed by atoms with Crippen LogP contribution in [0.25, 0.3) is 33.4 Å². The van der Waals surface area contributed by atoms with Crippen molar-refractivity contribution >= 4 is 48.2 Å². The van der Waals surface area contributed by atoms with Gasteiger partial charge in [0.1, 0.15) is 16.2 Å². The molecule has 0 radical (unpaired) electrons. The van der Waals surface area contributed by atoms with Crippen molar-refractivity contribution in [2.45, 2.75) is 63.2 Å². The third-order valence-electron chi connectivity index (χ3n) is 9.95. The van der Waals surface area contributed by atoms with Gasteiger partial charge in [-0.05, 0) is 101 Å². The summed E-state index contributed by atoms with van der Waals surface area (Å²) in [4.78, 5) is 3.39. The molecule has 0 aromatic heterocycles. The Hall–Kier alpha value is -4.89. The fourth-order valence-corrected chi connectivity index (χ4v) is 9.49. The van der Waals surface area contributed by atoms with Crippen LogP contribution < -0.4 is 15.7 Å². The molecule has 0 fully saturated rings. The number of sulfonamides is 1. The molecule has 0 saturated heterocycles. The van der Waals surface area contributed by atoms with Gasteiger partial charge in [-0.1, -0.05) is 36.4 Å². The predicted molar refractivity (Wildman–Crippen MR) is 218 cm³/mol. The molecule has 2 aliphatic rings. The van der Waals surface area contributed by atoms with E-state index in [1.807, 2.05) is 82.3 Å². The van der Waals surface area contributed by atoms with Gasteiger partial charge >= 0.3 is 0 Å². The number of nitrogens with zero attached hydrogens (tertiary/aromatic N) is 1. The Labute approximate surface area is 328 Å². The molecule has 0 spiro atoms. The molecule has 0 unspecified atom stereocenters. The van der Waals surface area contributed by atoms with E-state index in [4.69, 9.17) is 4.42 Å². The van der Waals surface area contributed by atoms with E-state index in [-0.39, 0.29) is 36.1 Å². The van der Waals surface area contributed by atoms with Crippen LogP contribution in [0.5, 0.6) is 0 Å². The smallest absolute Gasteiger partial charge is 0.295 e. The predicted octanol–water partition coefficient (Wildman–Crippen LogP) is 6.28. The molecule has 0 bridgehead atoms. The highest BCUT2D eigenvalue weighted by atomic mass is 32.2. The summed E-state index contributed by atoms with van der Waals surface area (Å²) in [6, 6.07) is 26.8. The molecule has 6 rings (SSSR count). The standard InChI is InChI=1S/C43H47N3O8S2/c1-28-12-11-13-29(2)42(28)44-32-16-18-35-38(26-32)54-39-27-33(17-19-36(39)41(35)37-14-5-6-15-40(37)56(51,52)53)45-43-30(3)24-34(25-31(43)4)55(49,50)46(20-7-9-22-47)21-8-10-23-48/h5-6,11-19,24-27,44,47-48H,7-10,20-23H2,1-4H3,(H,51,52,53)/p+1. The number of nitrogens with one attached hydrogen (secondary N) is 2. The van der Waals surface area contributed by atoms with Crippen molar-refractivity contribution in [3.8, 4) is 22.5 Å². The van der Waals surface area contributed by atoms with E-state index in [2.05, 4.69) is 10.3 Å². The zero-order chi connectivity index (χ0) is 40.2. The first-order valence-electron chi connectivity index (χ1n) is 18.6. The van der Waals surface area contributed by atoms with Gasteiger partial charge in [0.2, 0.25) is 21.1 Å². The lowest BCUT2D eigenvalue weighted by Gasteiger charge is -2.22. The average Bonchev–Trinajstić information content (AvgIpc) is 3.15.